The second-order valence-electron chi connectivity index (χ2n) is 7.47. The fourth-order valence-electron chi connectivity index (χ4n) is 3.64. The summed E-state index contributed by atoms with van der Waals surface area (Å²) in [6, 6.07) is 8.28. The third-order valence-electron chi connectivity index (χ3n) is 5.34. The molecule has 2 heterocycles. The van der Waals surface area contributed by atoms with Gasteiger partial charge in [-0.3, -0.25) is 4.79 Å². The van der Waals surface area contributed by atoms with Crippen LogP contribution in [0, 0.1) is 0 Å². The molecule has 1 saturated heterocycles. The van der Waals surface area contributed by atoms with E-state index in [0.717, 1.165) is 19.2 Å². The van der Waals surface area contributed by atoms with Gasteiger partial charge in [0.1, 0.15) is 40.8 Å². The predicted molar refractivity (Wildman–Crippen MR) is 113 cm³/mol. The van der Waals surface area contributed by atoms with Crippen LogP contribution in [0.4, 0.5) is 0 Å². The van der Waals surface area contributed by atoms with Gasteiger partial charge in [-0.25, -0.2) is 4.79 Å². The Hall–Kier alpha value is -3.84. The molecule has 5 atom stereocenters. The van der Waals surface area contributed by atoms with Crippen molar-refractivity contribution in [3.63, 3.8) is 0 Å². The van der Waals surface area contributed by atoms with Gasteiger partial charge in [-0.2, -0.15) is 0 Å². The molecule has 2 aromatic carbocycles. The van der Waals surface area contributed by atoms with E-state index in [9.17, 15) is 40.2 Å². The maximum atomic E-state index is 12.7. The number of ether oxygens (including phenoxy) is 3. The van der Waals surface area contributed by atoms with E-state index < -0.39 is 47.9 Å². The molecular formula is C22H20O12. The first-order chi connectivity index (χ1) is 16.1. The molecule has 4 rings (SSSR count). The van der Waals surface area contributed by atoms with E-state index in [1.165, 1.54) is 12.1 Å². The van der Waals surface area contributed by atoms with Gasteiger partial charge >= 0.3 is 5.97 Å². The molecule has 0 aliphatic carbocycles. The normalized spacial score (nSPS) is 24.6. The van der Waals surface area contributed by atoms with Crippen molar-refractivity contribution in [2.75, 3.05) is 7.11 Å². The minimum Gasteiger partial charge on any atom is -0.507 e. The Morgan fingerprint density at radius 3 is 2.38 bits per heavy atom. The number of para-hydroxylation sites is 1. The lowest BCUT2D eigenvalue weighted by molar-refractivity contribution is -0.271. The number of fused-ring (bicyclic) bond motifs is 1. The number of carbonyl (C=O) groups is 1. The van der Waals surface area contributed by atoms with Gasteiger partial charge < -0.3 is 49.3 Å². The zero-order chi connectivity index (χ0) is 24.7. The molecule has 0 bridgehead atoms. The fraction of sp³-hybridized carbons (Fsp3) is 0.273. The molecule has 0 spiro atoms. The molecule has 0 radical (unpaired) electrons. The van der Waals surface area contributed by atoms with Crippen LogP contribution in [0.5, 0.6) is 23.0 Å². The average molecular weight is 476 g/mol. The molecule has 1 aliphatic rings. The third-order valence-corrected chi connectivity index (χ3v) is 5.34. The number of aliphatic hydroxyl groups is 3. The van der Waals surface area contributed by atoms with Gasteiger partial charge in [0.2, 0.25) is 12.0 Å². The molecule has 3 aromatic rings. The molecule has 1 aromatic heterocycles. The fourth-order valence-corrected chi connectivity index (χ4v) is 3.64. The Kier molecular flexibility index (Phi) is 6.06. The van der Waals surface area contributed by atoms with Gasteiger partial charge in [0.25, 0.3) is 0 Å². The quantitative estimate of drug-likeness (QED) is 0.292. The van der Waals surface area contributed by atoms with Crippen molar-refractivity contribution in [2.45, 2.75) is 30.7 Å². The molecule has 0 amide bonds. The predicted octanol–water partition coefficient (Wildman–Crippen LogP) is 0.151. The number of phenolic OH excluding ortho intramolecular Hbond substituents is 2. The summed E-state index contributed by atoms with van der Waals surface area (Å²) in [5.74, 6) is -3.16. The average Bonchev–Trinajstić information content (AvgIpc) is 2.79. The highest BCUT2D eigenvalue weighted by Crippen LogP contribution is 2.43. The van der Waals surface area contributed by atoms with E-state index >= 15 is 0 Å². The molecule has 180 valence electrons. The van der Waals surface area contributed by atoms with Crippen molar-refractivity contribution in [1.29, 1.82) is 0 Å². The third kappa shape index (κ3) is 3.88. The molecule has 1 aliphatic heterocycles. The van der Waals surface area contributed by atoms with E-state index in [4.69, 9.17) is 18.6 Å². The summed E-state index contributed by atoms with van der Waals surface area (Å²) in [5.41, 5.74) is -0.660. The van der Waals surface area contributed by atoms with Gasteiger partial charge in [0, 0.05) is 12.1 Å². The largest absolute Gasteiger partial charge is 0.507 e. The Balaban J connectivity index is 1.82. The van der Waals surface area contributed by atoms with Crippen LogP contribution < -0.4 is 14.9 Å². The Morgan fingerprint density at radius 2 is 1.74 bits per heavy atom. The minimum atomic E-state index is -1.93. The molecular weight excluding hydrogens is 456 g/mol. The summed E-state index contributed by atoms with van der Waals surface area (Å²) in [7, 11) is 1.16. The molecule has 34 heavy (non-hydrogen) atoms. The van der Waals surface area contributed by atoms with E-state index in [-0.39, 0.29) is 39.5 Å². The number of methoxy groups -OCH3 is 1. The number of carboxylic acids is 1. The van der Waals surface area contributed by atoms with Crippen molar-refractivity contribution in [3.8, 4) is 34.3 Å². The highest BCUT2D eigenvalue weighted by Gasteiger charge is 2.48. The monoisotopic (exact) mass is 476 g/mol. The maximum absolute atomic E-state index is 12.7. The summed E-state index contributed by atoms with van der Waals surface area (Å²) >= 11 is 0. The van der Waals surface area contributed by atoms with Crippen molar-refractivity contribution in [2.24, 2.45) is 0 Å². The summed E-state index contributed by atoms with van der Waals surface area (Å²) in [6.07, 6.45) is -9.47. The van der Waals surface area contributed by atoms with E-state index in [1.54, 1.807) is 12.1 Å². The topological polar surface area (TPSA) is 196 Å². The summed E-state index contributed by atoms with van der Waals surface area (Å²) in [4.78, 5) is 24.1. The number of rotatable bonds is 5. The van der Waals surface area contributed by atoms with E-state index in [1.807, 2.05) is 0 Å². The SMILES string of the molecule is COc1c(OC2OC(C(=O)O)C(O)C(O)C2O)cc2oc(-c3ccccc3O)cc(=O)c2c1O. The van der Waals surface area contributed by atoms with Crippen molar-refractivity contribution < 1.29 is 54.1 Å². The molecule has 6 N–H and O–H groups in total. The molecule has 1 fully saturated rings. The van der Waals surface area contributed by atoms with Crippen LogP contribution in [0.1, 0.15) is 0 Å². The second-order valence-corrected chi connectivity index (χ2v) is 7.47. The van der Waals surface area contributed by atoms with Gasteiger partial charge in [0.05, 0.1) is 12.7 Å². The van der Waals surface area contributed by atoms with Crippen LogP contribution in [-0.4, -0.2) is 74.4 Å². The number of hydrogen-bond acceptors (Lipinski definition) is 11. The van der Waals surface area contributed by atoms with Crippen LogP contribution in [-0.2, 0) is 9.53 Å². The van der Waals surface area contributed by atoms with Crippen LogP contribution >= 0.6 is 0 Å². The van der Waals surface area contributed by atoms with E-state index in [2.05, 4.69) is 0 Å². The Labute approximate surface area is 190 Å². The van der Waals surface area contributed by atoms with Crippen LogP contribution in [0.2, 0.25) is 0 Å². The number of aromatic hydroxyl groups is 2. The highest BCUT2D eigenvalue weighted by molar-refractivity contribution is 5.89. The van der Waals surface area contributed by atoms with Crippen molar-refractivity contribution >= 4 is 16.9 Å². The number of aliphatic carboxylic acids is 1. The first-order valence-corrected chi connectivity index (χ1v) is 9.89. The van der Waals surface area contributed by atoms with Crippen LogP contribution in [0.15, 0.2) is 45.6 Å². The number of hydrogen-bond donors (Lipinski definition) is 6. The zero-order valence-corrected chi connectivity index (χ0v) is 17.5. The number of carboxylic acid groups (broad SMARTS) is 1. The first-order valence-electron chi connectivity index (χ1n) is 9.89. The maximum Gasteiger partial charge on any atom is 0.335 e. The standard InChI is InChI=1S/C22H20O12/c1-31-19-13(33-22-18(28)16(26)17(27)20(34-22)21(29)30)7-12-14(15(19)25)10(24)6-11(32-12)8-4-2-3-5-9(8)23/h2-7,16-18,20,22-23,25-28H,1H3,(H,29,30). The zero-order valence-electron chi connectivity index (χ0n) is 17.5. The van der Waals surface area contributed by atoms with Crippen LogP contribution in [0.3, 0.4) is 0 Å². The van der Waals surface area contributed by atoms with E-state index in [0.29, 0.717) is 0 Å². The first kappa shape index (κ1) is 23.3. The highest BCUT2D eigenvalue weighted by atomic mass is 16.7. The van der Waals surface area contributed by atoms with Gasteiger partial charge in [0.15, 0.2) is 23.0 Å². The molecule has 12 heteroatoms. The lowest BCUT2D eigenvalue weighted by Gasteiger charge is -2.38. The number of aliphatic hydroxyl groups excluding tert-OH is 3. The van der Waals surface area contributed by atoms with Gasteiger partial charge in [-0.1, -0.05) is 12.1 Å². The Morgan fingerprint density at radius 1 is 1.03 bits per heavy atom. The van der Waals surface area contributed by atoms with Crippen molar-refractivity contribution in [1.82, 2.24) is 0 Å². The number of phenols is 2. The molecule has 12 nitrogen and oxygen atoms in total. The summed E-state index contributed by atoms with van der Waals surface area (Å²) in [5, 5.41) is 59.7. The molecule has 5 unspecified atom stereocenters. The smallest absolute Gasteiger partial charge is 0.335 e. The van der Waals surface area contributed by atoms with Crippen LogP contribution in [0.25, 0.3) is 22.3 Å². The summed E-state index contributed by atoms with van der Waals surface area (Å²) < 4.78 is 21.4. The Bertz CT molecular complexity index is 1300. The molecule has 0 saturated carbocycles. The van der Waals surface area contributed by atoms with Gasteiger partial charge in [-0.15, -0.1) is 0 Å². The lowest BCUT2D eigenvalue weighted by Crippen LogP contribution is -2.61. The minimum absolute atomic E-state index is 0.0236. The number of benzene rings is 2. The second kappa shape index (κ2) is 8.83. The summed E-state index contributed by atoms with van der Waals surface area (Å²) in [6.45, 7) is 0. The lowest BCUT2D eigenvalue weighted by atomic mass is 9.99. The van der Waals surface area contributed by atoms with Gasteiger partial charge in [-0.05, 0) is 12.1 Å². The van der Waals surface area contributed by atoms with Crippen molar-refractivity contribution in [3.05, 3.63) is 46.6 Å².